The Morgan fingerprint density at radius 3 is 2.48 bits per heavy atom. The second kappa shape index (κ2) is 6.29. The molecule has 0 fully saturated rings. The van der Waals surface area contributed by atoms with Gasteiger partial charge in [0, 0.05) is 15.0 Å². The molecule has 2 rings (SSSR count). The first-order valence-corrected chi connectivity index (χ1v) is 7.86. The van der Waals surface area contributed by atoms with E-state index >= 15 is 0 Å². The van der Waals surface area contributed by atoms with Crippen molar-refractivity contribution in [1.29, 1.82) is 0 Å². The van der Waals surface area contributed by atoms with E-state index in [0.29, 0.717) is 0 Å². The highest BCUT2D eigenvalue weighted by Gasteiger charge is 2.31. The molecule has 0 atom stereocenters. The van der Waals surface area contributed by atoms with E-state index in [9.17, 15) is 9.59 Å². The predicted octanol–water partition coefficient (Wildman–Crippen LogP) is 2.49. The van der Waals surface area contributed by atoms with Gasteiger partial charge in [-0.3, -0.25) is 14.5 Å². The lowest BCUT2D eigenvalue weighted by molar-refractivity contribution is -0.137. The maximum atomic E-state index is 12.1. The molecule has 0 saturated heterocycles. The Balaban J connectivity index is 2.32. The lowest BCUT2D eigenvalue weighted by Crippen LogP contribution is -2.34. The smallest absolute Gasteiger partial charge is 0.277 e. The Morgan fingerprint density at radius 1 is 1.19 bits per heavy atom. The summed E-state index contributed by atoms with van der Waals surface area (Å²) in [6.07, 6.45) is 1.25. The number of aliphatic hydroxyl groups excluding tert-OH is 1. The molecule has 1 aliphatic heterocycles. The minimum atomic E-state index is -0.430. The summed E-state index contributed by atoms with van der Waals surface area (Å²) in [6, 6.07) is 1.89. The number of halogens is 2. The first-order chi connectivity index (χ1) is 9.86. The van der Waals surface area contributed by atoms with E-state index in [2.05, 4.69) is 37.2 Å². The molecule has 0 aliphatic carbocycles. The van der Waals surface area contributed by atoms with Crippen LogP contribution in [0.1, 0.15) is 11.1 Å². The molecule has 2 N–H and O–H groups in total. The first-order valence-electron chi connectivity index (χ1n) is 6.27. The van der Waals surface area contributed by atoms with E-state index in [0.717, 1.165) is 30.7 Å². The summed E-state index contributed by atoms with van der Waals surface area (Å²) in [4.78, 5) is 24.9. The maximum absolute atomic E-state index is 12.1. The van der Waals surface area contributed by atoms with Gasteiger partial charge in [0.05, 0.1) is 18.8 Å². The fraction of sp³-hybridized carbons (Fsp3) is 0.286. The summed E-state index contributed by atoms with van der Waals surface area (Å²) in [5.74, 6) is -0.847. The number of nitrogens with one attached hydrogen (secondary N) is 1. The van der Waals surface area contributed by atoms with Crippen molar-refractivity contribution in [2.75, 3.05) is 18.5 Å². The molecule has 1 aromatic rings. The third kappa shape index (κ3) is 3.04. The zero-order valence-electron chi connectivity index (χ0n) is 11.5. The van der Waals surface area contributed by atoms with Crippen molar-refractivity contribution < 1.29 is 14.7 Å². The molecule has 0 bridgehead atoms. The van der Waals surface area contributed by atoms with Crippen molar-refractivity contribution in [3.05, 3.63) is 37.9 Å². The number of rotatable bonds is 4. The number of hydrogen-bond acceptors (Lipinski definition) is 4. The van der Waals surface area contributed by atoms with Crippen LogP contribution in [-0.2, 0) is 9.59 Å². The van der Waals surface area contributed by atoms with Gasteiger partial charge >= 0.3 is 0 Å². The number of anilines is 1. The summed E-state index contributed by atoms with van der Waals surface area (Å²) in [5, 5.41) is 11.9. The monoisotopic (exact) mass is 416 g/mol. The topological polar surface area (TPSA) is 69.6 Å². The predicted molar refractivity (Wildman–Crippen MR) is 86.8 cm³/mol. The fourth-order valence-corrected chi connectivity index (χ4v) is 3.49. The van der Waals surface area contributed by atoms with Crippen molar-refractivity contribution in [2.45, 2.75) is 13.8 Å². The van der Waals surface area contributed by atoms with Crippen molar-refractivity contribution in [3.8, 4) is 0 Å². The van der Waals surface area contributed by atoms with Crippen LogP contribution in [0.5, 0.6) is 0 Å². The van der Waals surface area contributed by atoms with E-state index in [1.54, 1.807) is 0 Å². The summed E-state index contributed by atoms with van der Waals surface area (Å²) in [6.45, 7) is 3.64. The second-order valence-corrected chi connectivity index (χ2v) is 6.38. The van der Waals surface area contributed by atoms with Crippen LogP contribution in [-0.4, -0.2) is 35.0 Å². The standard InChI is InChI=1S/C14H14Br2N2O3/c1-7-8(2)13(10(16)5-9(7)15)17-11-6-12(20)18(3-4-19)14(11)21/h5-6,17,19H,3-4H2,1-2H3. The van der Waals surface area contributed by atoms with E-state index in [-0.39, 0.29) is 18.8 Å². The van der Waals surface area contributed by atoms with Gasteiger partial charge < -0.3 is 10.4 Å². The Morgan fingerprint density at radius 2 is 1.86 bits per heavy atom. The number of β-amino-alcohol motifs (C(OH)–C–C–N with tert-alkyl or cyclic N) is 1. The zero-order valence-corrected chi connectivity index (χ0v) is 14.7. The van der Waals surface area contributed by atoms with E-state index in [4.69, 9.17) is 5.11 Å². The third-order valence-corrected chi connectivity index (χ3v) is 4.83. The normalized spacial score (nSPS) is 14.7. The van der Waals surface area contributed by atoms with Gasteiger partial charge in [-0.1, -0.05) is 15.9 Å². The van der Waals surface area contributed by atoms with Crippen LogP contribution in [0.15, 0.2) is 26.8 Å². The first kappa shape index (κ1) is 16.2. The third-order valence-electron chi connectivity index (χ3n) is 3.38. The minimum absolute atomic E-state index is 0.00113. The van der Waals surface area contributed by atoms with Crippen LogP contribution < -0.4 is 5.32 Å². The molecule has 0 aromatic heterocycles. The summed E-state index contributed by atoms with van der Waals surface area (Å²) >= 11 is 6.92. The van der Waals surface area contributed by atoms with Crippen molar-refractivity contribution in [1.82, 2.24) is 4.90 Å². The largest absolute Gasteiger partial charge is 0.395 e. The average Bonchev–Trinajstić information content (AvgIpc) is 2.69. The summed E-state index contributed by atoms with van der Waals surface area (Å²) in [5.41, 5.74) is 2.97. The van der Waals surface area contributed by atoms with Gasteiger partial charge in [0.15, 0.2) is 0 Å². The molecule has 1 heterocycles. The van der Waals surface area contributed by atoms with E-state index < -0.39 is 11.8 Å². The quantitative estimate of drug-likeness (QED) is 0.738. The van der Waals surface area contributed by atoms with Gasteiger partial charge in [-0.05, 0) is 47.0 Å². The Bertz CT molecular complexity index is 656. The summed E-state index contributed by atoms with van der Waals surface area (Å²) < 4.78 is 1.75. The second-order valence-electron chi connectivity index (χ2n) is 4.67. The molecule has 0 saturated carbocycles. The molecular formula is C14H14Br2N2O3. The SMILES string of the molecule is Cc1c(Br)cc(Br)c(NC2=CC(=O)N(CCO)C2=O)c1C. The van der Waals surface area contributed by atoms with Crippen molar-refractivity contribution in [3.63, 3.8) is 0 Å². The Labute approximate surface area is 139 Å². The average molecular weight is 418 g/mol. The number of nitrogens with zero attached hydrogens (tertiary/aromatic N) is 1. The van der Waals surface area contributed by atoms with Crippen LogP contribution in [0.4, 0.5) is 5.69 Å². The summed E-state index contributed by atoms with van der Waals surface area (Å²) in [7, 11) is 0. The van der Waals surface area contributed by atoms with Gasteiger partial charge in [-0.2, -0.15) is 0 Å². The van der Waals surface area contributed by atoms with Crippen LogP contribution >= 0.6 is 31.9 Å². The van der Waals surface area contributed by atoms with E-state index in [1.807, 2.05) is 19.9 Å². The number of carbonyl (C=O) groups is 2. The number of carbonyl (C=O) groups excluding carboxylic acids is 2. The lowest BCUT2D eigenvalue weighted by Gasteiger charge is -2.17. The van der Waals surface area contributed by atoms with Crippen molar-refractivity contribution in [2.24, 2.45) is 0 Å². The molecule has 0 radical (unpaired) electrons. The number of amides is 2. The van der Waals surface area contributed by atoms with E-state index in [1.165, 1.54) is 6.08 Å². The van der Waals surface area contributed by atoms with Crippen LogP contribution in [0, 0.1) is 13.8 Å². The molecule has 0 spiro atoms. The van der Waals surface area contributed by atoms with Crippen molar-refractivity contribution >= 4 is 49.4 Å². The van der Waals surface area contributed by atoms with Crippen LogP contribution in [0.2, 0.25) is 0 Å². The fourth-order valence-electron chi connectivity index (χ4n) is 2.04. The number of benzene rings is 1. The molecule has 7 heteroatoms. The number of hydrogen-bond donors (Lipinski definition) is 2. The molecular weight excluding hydrogens is 404 g/mol. The Hall–Kier alpha value is -1.18. The molecule has 2 amide bonds. The molecule has 112 valence electrons. The maximum Gasteiger partial charge on any atom is 0.277 e. The van der Waals surface area contributed by atoms with Gasteiger partial charge in [-0.25, -0.2) is 0 Å². The highest BCUT2D eigenvalue weighted by atomic mass is 79.9. The number of imide groups is 1. The van der Waals surface area contributed by atoms with Gasteiger partial charge in [0.2, 0.25) is 0 Å². The van der Waals surface area contributed by atoms with Crippen LogP contribution in [0.25, 0.3) is 0 Å². The van der Waals surface area contributed by atoms with Gasteiger partial charge in [0.25, 0.3) is 11.8 Å². The zero-order chi connectivity index (χ0) is 15.7. The molecule has 1 aromatic carbocycles. The highest BCUT2D eigenvalue weighted by Crippen LogP contribution is 2.35. The molecule has 0 unspecified atom stereocenters. The lowest BCUT2D eigenvalue weighted by atomic mass is 10.1. The Kier molecular flexibility index (Phi) is 4.85. The van der Waals surface area contributed by atoms with Gasteiger partial charge in [0.1, 0.15) is 5.70 Å². The van der Waals surface area contributed by atoms with Crippen LogP contribution in [0.3, 0.4) is 0 Å². The molecule has 21 heavy (non-hydrogen) atoms. The molecule has 5 nitrogen and oxygen atoms in total. The van der Waals surface area contributed by atoms with Gasteiger partial charge in [-0.15, -0.1) is 0 Å². The minimum Gasteiger partial charge on any atom is -0.395 e. The highest BCUT2D eigenvalue weighted by molar-refractivity contribution is 9.11. The molecule has 1 aliphatic rings. The number of aliphatic hydroxyl groups is 1.